The van der Waals surface area contributed by atoms with E-state index in [0.29, 0.717) is 5.41 Å². The van der Waals surface area contributed by atoms with Crippen molar-refractivity contribution in [3.05, 3.63) is 0 Å². The summed E-state index contributed by atoms with van der Waals surface area (Å²) >= 11 is 0. The van der Waals surface area contributed by atoms with Crippen molar-refractivity contribution in [1.29, 1.82) is 0 Å². The van der Waals surface area contributed by atoms with E-state index in [2.05, 4.69) is 25.1 Å². The van der Waals surface area contributed by atoms with E-state index < -0.39 is 0 Å². The lowest BCUT2D eigenvalue weighted by Crippen LogP contribution is -2.19. The minimum Gasteiger partial charge on any atom is -0.315 e. The SMILES string of the molecule is C#CCCNCC1CC1(C)C. The molecule has 62 valence electrons. The summed E-state index contributed by atoms with van der Waals surface area (Å²) in [6.07, 6.45) is 7.35. The summed E-state index contributed by atoms with van der Waals surface area (Å²) in [6.45, 7) is 6.76. The zero-order chi connectivity index (χ0) is 8.32. The Morgan fingerprint density at radius 2 is 2.27 bits per heavy atom. The van der Waals surface area contributed by atoms with Gasteiger partial charge in [-0.15, -0.1) is 12.3 Å². The van der Waals surface area contributed by atoms with Crippen molar-refractivity contribution in [1.82, 2.24) is 5.32 Å². The largest absolute Gasteiger partial charge is 0.315 e. The molecule has 0 amide bonds. The molecule has 0 aromatic rings. The molecule has 0 heterocycles. The van der Waals surface area contributed by atoms with Gasteiger partial charge in [-0.25, -0.2) is 0 Å². The van der Waals surface area contributed by atoms with E-state index in [4.69, 9.17) is 6.42 Å². The van der Waals surface area contributed by atoms with Gasteiger partial charge in [0.1, 0.15) is 0 Å². The van der Waals surface area contributed by atoms with Crippen molar-refractivity contribution in [2.75, 3.05) is 13.1 Å². The molecule has 0 spiro atoms. The number of hydrogen-bond acceptors (Lipinski definition) is 1. The Morgan fingerprint density at radius 3 is 2.73 bits per heavy atom. The predicted molar refractivity (Wildman–Crippen MR) is 48.2 cm³/mol. The van der Waals surface area contributed by atoms with Crippen LogP contribution in [-0.2, 0) is 0 Å². The molecule has 1 nitrogen and oxygen atoms in total. The Kier molecular flexibility index (Phi) is 2.57. The number of terminal acetylenes is 1. The molecule has 0 aromatic carbocycles. The third-order valence-electron chi connectivity index (χ3n) is 2.55. The Morgan fingerprint density at radius 1 is 1.64 bits per heavy atom. The first kappa shape index (κ1) is 8.62. The number of rotatable bonds is 4. The lowest BCUT2D eigenvalue weighted by molar-refractivity contribution is 0.523. The maximum atomic E-state index is 5.12. The van der Waals surface area contributed by atoms with Crippen molar-refractivity contribution in [2.45, 2.75) is 26.7 Å². The fourth-order valence-corrected chi connectivity index (χ4v) is 1.36. The highest BCUT2D eigenvalue weighted by Crippen LogP contribution is 2.50. The normalized spacial score (nSPS) is 26.1. The van der Waals surface area contributed by atoms with Crippen molar-refractivity contribution in [2.24, 2.45) is 11.3 Å². The van der Waals surface area contributed by atoms with Crippen molar-refractivity contribution >= 4 is 0 Å². The average Bonchev–Trinajstić information content (AvgIpc) is 2.52. The van der Waals surface area contributed by atoms with Gasteiger partial charge in [0.15, 0.2) is 0 Å². The third kappa shape index (κ3) is 2.55. The molecule has 0 aromatic heterocycles. The molecule has 1 unspecified atom stereocenters. The first-order valence-electron chi connectivity index (χ1n) is 4.31. The first-order valence-corrected chi connectivity index (χ1v) is 4.31. The maximum Gasteiger partial charge on any atom is 0.0211 e. The lowest BCUT2D eigenvalue weighted by atomic mass is 10.1. The standard InChI is InChI=1S/C10H17N/c1-4-5-6-11-8-9-7-10(9,2)3/h1,9,11H,5-8H2,2-3H3. The molecular weight excluding hydrogens is 134 g/mol. The second kappa shape index (κ2) is 3.28. The monoisotopic (exact) mass is 151 g/mol. The molecule has 0 saturated heterocycles. The van der Waals surface area contributed by atoms with Gasteiger partial charge in [0.25, 0.3) is 0 Å². The van der Waals surface area contributed by atoms with Crippen LogP contribution in [0, 0.1) is 23.7 Å². The fourth-order valence-electron chi connectivity index (χ4n) is 1.36. The summed E-state index contributed by atoms with van der Waals surface area (Å²) in [6, 6.07) is 0. The van der Waals surface area contributed by atoms with E-state index in [1.165, 1.54) is 6.42 Å². The predicted octanol–water partition coefficient (Wildman–Crippen LogP) is 1.65. The summed E-state index contributed by atoms with van der Waals surface area (Å²) in [5.41, 5.74) is 0.600. The van der Waals surface area contributed by atoms with E-state index in [1.54, 1.807) is 0 Å². The highest BCUT2D eigenvalue weighted by atomic mass is 14.9. The zero-order valence-electron chi connectivity index (χ0n) is 7.48. The smallest absolute Gasteiger partial charge is 0.0211 e. The minimum atomic E-state index is 0.600. The number of hydrogen-bond donors (Lipinski definition) is 1. The number of nitrogens with one attached hydrogen (secondary N) is 1. The molecule has 1 aliphatic carbocycles. The van der Waals surface area contributed by atoms with E-state index in [9.17, 15) is 0 Å². The molecular formula is C10H17N. The quantitative estimate of drug-likeness (QED) is 0.476. The molecule has 1 N–H and O–H groups in total. The average molecular weight is 151 g/mol. The molecule has 1 heteroatoms. The van der Waals surface area contributed by atoms with Crippen LogP contribution in [0.4, 0.5) is 0 Å². The summed E-state index contributed by atoms with van der Waals surface area (Å²) < 4.78 is 0. The molecule has 1 rings (SSSR count). The molecule has 11 heavy (non-hydrogen) atoms. The summed E-state index contributed by atoms with van der Waals surface area (Å²) in [4.78, 5) is 0. The molecule has 0 aliphatic heterocycles. The third-order valence-corrected chi connectivity index (χ3v) is 2.55. The van der Waals surface area contributed by atoms with Crippen LogP contribution in [0.15, 0.2) is 0 Å². The molecule has 1 saturated carbocycles. The van der Waals surface area contributed by atoms with Crippen LogP contribution in [0.1, 0.15) is 26.7 Å². The van der Waals surface area contributed by atoms with Crippen molar-refractivity contribution in [3.8, 4) is 12.3 Å². The van der Waals surface area contributed by atoms with E-state index in [1.807, 2.05) is 0 Å². The maximum absolute atomic E-state index is 5.12. The van der Waals surface area contributed by atoms with Gasteiger partial charge < -0.3 is 5.32 Å². The minimum absolute atomic E-state index is 0.600. The van der Waals surface area contributed by atoms with Gasteiger partial charge in [0.05, 0.1) is 0 Å². The van der Waals surface area contributed by atoms with Crippen LogP contribution < -0.4 is 5.32 Å². The van der Waals surface area contributed by atoms with Gasteiger partial charge >= 0.3 is 0 Å². The molecule has 0 bridgehead atoms. The lowest BCUT2D eigenvalue weighted by Gasteiger charge is -2.03. The summed E-state index contributed by atoms with van der Waals surface area (Å²) in [5, 5.41) is 3.36. The van der Waals surface area contributed by atoms with Gasteiger partial charge in [-0.05, 0) is 24.3 Å². The Labute approximate surface area is 69.6 Å². The van der Waals surface area contributed by atoms with E-state index in [0.717, 1.165) is 25.4 Å². The molecule has 0 radical (unpaired) electrons. The van der Waals surface area contributed by atoms with Gasteiger partial charge in [0.2, 0.25) is 0 Å². The Balaban J connectivity index is 1.95. The van der Waals surface area contributed by atoms with Crippen LogP contribution in [0.25, 0.3) is 0 Å². The van der Waals surface area contributed by atoms with Gasteiger partial charge in [0, 0.05) is 13.0 Å². The van der Waals surface area contributed by atoms with Gasteiger partial charge in [-0.3, -0.25) is 0 Å². The van der Waals surface area contributed by atoms with Crippen LogP contribution in [0.2, 0.25) is 0 Å². The topological polar surface area (TPSA) is 12.0 Å². The highest BCUT2D eigenvalue weighted by Gasteiger charge is 2.44. The van der Waals surface area contributed by atoms with Crippen LogP contribution >= 0.6 is 0 Å². The zero-order valence-corrected chi connectivity index (χ0v) is 7.48. The molecule has 1 fully saturated rings. The molecule has 1 aliphatic rings. The van der Waals surface area contributed by atoms with Gasteiger partial charge in [-0.1, -0.05) is 13.8 Å². The van der Waals surface area contributed by atoms with Crippen molar-refractivity contribution < 1.29 is 0 Å². The first-order chi connectivity index (χ1) is 5.17. The van der Waals surface area contributed by atoms with Crippen molar-refractivity contribution in [3.63, 3.8) is 0 Å². The van der Waals surface area contributed by atoms with E-state index >= 15 is 0 Å². The summed E-state index contributed by atoms with van der Waals surface area (Å²) in [7, 11) is 0. The van der Waals surface area contributed by atoms with E-state index in [-0.39, 0.29) is 0 Å². The second-order valence-electron chi connectivity index (χ2n) is 4.05. The fraction of sp³-hybridized carbons (Fsp3) is 0.800. The van der Waals surface area contributed by atoms with Gasteiger partial charge in [-0.2, -0.15) is 0 Å². The van der Waals surface area contributed by atoms with Crippen LogP contribution in [0.5, 0.6) is 0 Å². The molecule has 1 atom stereocenters. The second-order valence-corrected chi connectivity index (χ2v) is 4.05. The highest BCUT2D eigenvalue weighted by molar-refractivity contribution is 4.96. The Hall–Kier alpha value is -0.480. The van der Waals surface area contributed by atoms with Crippen LogP contribution in [0.3, 0.4) is 0 Å². The Bertz CT molecular complexity index is 164. The summed E-state index contributed by atoms with van der Waals surface area (Å²) in [5.74, 6) is 3.51. The van der Waals surface area contributed by atoms with Crippen LogP contribution in [-0.4, -0.2) is 13.1 Å².